The fourth-order valence-corrected chi connectivity index (χ4v) is 3.30. The summed E-state index contributed by atoms with van der Waals surface area (Å²) in [5.74, 6) is 1.22. The number of rotatable bonds is 4. The standard InChI is InChI=1S/C21H17BrN4O2/c1-13-11-26(12-23-13)18-7-3-14(9-19(18)28-2)4-8-20-24-17-10-15(22)5-6-16(17)21(27)25-20/h3-12H,1-2H3,(H,24,25,27)/b8-4+. The first kappa shape index (κ1) is 18.2. The summed E-state index contributed by atoms with van der Waals surface area (Å²) in [6.07, 6.45) is 7.35. The van der Waals surface area contributed by atoms with Gasteiger partial charge in [0.05, 0.1) is 35.7 Å². The molecule has 1 N–H and O–H groups in total. The van der Waals surface area contributed by atoms with E-state index in [1.165, 1.54) is 0 Å². The van der Waals surface area contributed by atoms with Crippen molar-refractivity contribution in [3.8, 4) is 11.4 Å². The fraction of sp³-hybridized carbons (Fsp3) is 0.0952. The zero-order valence-electron chi connectivity index (χ0n) is 15.3. The number of nitrogens with one attached hydrogen (secondary N) is 1. The molecule has 0 spiro atoms. The van der Waals surface area contributed by atoms with E-state index in [0.717, 1.165) is 27.2 Å². The number of imidazole rings is 1. The summed E-state index contributed by atoms with van der Waals surface area (Å²) < 4.78 is 8.33. The smallest absolute Gasteiger partial charge is 0.259 e. The molecule has 4 aromatic rings. The van der Waals surface area contributed by atoms with Gasteiger partial charge in [-0.25, -0.2) is 9.97 Å². The molecule has 0 aliphatic heterocycles. The van der Waals surface area contributed by atoms with Gasteiger partial charge in [-0.3, -0.25) is 4.79 Å². The van der Waals surface area contributed by atoms with E-state index in [1.807, 2.05) is 54.1 Å². The molecule has 2 aromatic heterocycles. The normalized spacial score (nSPS) is 11.4. The molecular formula is C21H17BrN4O2. The number of aromatic nitrogens is 4. The molecule has 0 radical (unpaired) electrons. The summed E-state index contributed by atoms with van der Waals surface area (Å²) in [6, 6.07) is 11.3. The van der Waals surface area contributed by atoms with Crippen LogP contribution >= 0.6 is 15.9 Å². The second-order valence-corrected chi connectivity index (χ2v) is 7.22. The summed E-state index contributed by atoms with van der Waals surface area (Å²) >= 11 is 3.41. The molecule has 2 heterocycles. The van der Waals surface area contributed by atoms with Crippen LogP contribution in [0.1, 0.15) is 17.1 Å². The van der Waals surface area contributed by atoms with Gasteiger partial charge < -0.3 is 14.3 Å². The van der Waals surface area contributed by atoms with Gasteiger partial charge in [0.15, 0.2) is 0 Å². The molecule has 140 valence electrons. The number of methoxy groups -OCH3 is 1. The van der Waals surface area contributed by atoms with E-state index in [9.17, 15) is 4.79 Å². The highest BCUT2D eigenvalue weighted by molar-refractivity contribution is 9.10. The third-order valence-electron chi connectivity index (χ3n) is 4.31. The van der Waals surface area contributed by atoms with Gasteiger partial charge in [0.1, 0.15) is 11.6 Å². The molecule has 0 fully saturated rings. The first-order valence-electron chi connectivity index (χ1n) is 8.60. The van der Waals surface area contributed by atoms with Crippen LogP contribution in [0.2, 0.25) is 0 Å². The number of nitrogens with zero attached hydrogens (tertiary/aromatic N) is 3. The Labute approximate surface area is 169 Å². The molecule has 0 saturated heterocycles. The van der Waals surface area contributed by atoms with E-state index in [2.05, 4.69) is 30.9 Å². The Morgan fingerprint density at radius 2 is 2.04 bits per heavy atom. The number of aromatic amines is 1. The predicted octanol–water partition coefficient (Wildman–Crippen LogP) is 4.36. The van der Waals surface area contributed by atoms with Gasteiger partial charge in [-0.15, -0.1) is 0 Å². The van der Waals surface area contributed by atoms with Gasteiger partial charge in [-0.1, -0.05) is 28.1 Å². The van der Waals surface area contributed by atoms with E-state index in [0.29, 0.717) is 16.7 Å². The quantitative estimate of drug-likeness (QED) is 0.515. The van der Waals surface area contributed by atoms with Crippen LogP contribution in [0.5, 0.6) is 5.75 Å². The van der Waals surface area contributed by atoms with E-state index in [1.54, 1.807) is 25.6 Å². The van der Waals surface area contributed by atoms with Crippen molar-refractivity contribution in [2.75, 3.05) is 7.11 Å². The number of hydrogen-bond donors (Lipinski definition) is 1. The van der Waals surface area contributed by atoms with Gasteiger partial charge in [0.2, 0.25) is 0 Å². The minimum absolute atomic E-state index is 0.166. The number of hydrogen-bond acceptors (Lipinski definition) is 4. The van der Waals surface area contributed by atoms with Crippen LogP contribution in [-0.4, -0.2) is 26.6 Å². The molecule has 0 bridgehead atoms. The first-order valence-corrected chi connectivity index (χ1v) is 9.39. The van der Waals surface area contributed by atoms with Crippen LogP contribution in [0.3, 0.4) is 0 Å². The molecule has 0 aliphatic carbocycles. The largest absolute Gasteiger partial charge is 0.495 e. The maximum absolute atomic E-state index is 12.3. The van der Waals surface area contributed by atoms with Crippen molar-refractivity contribution in [1.29, 1.82) is 0 Å². The van der Waals surface area contributed by atoms with Crippen molar-refractivity contribution in [3.63, 3.8) is 0 Å². The van der Waals surface area contributed by atoms with Crippen molar-refractivity contribution < 1.29 is 4.74 Å². The van der Waals surface area contributed by atoms with Crippen molar-refractivity contribution in [2.24, 2.45) is 0 Å². The first-order chi connectivity index (χ1) is 13.5. The van der Waals surface area contributed by atoms with Crippen LogP contribution in [0.15, 0.2) is 58.2 Å². The van der Waals surface area contributed by atoms with Gasteiger partial charge in [-0.05, 0) is 48.9 Å². The number of ether oxygens (including phenoxy) is 1. The summed E-state index contributed by atoms with van der Waals surface area (Å²) in [7, 11) is 1.64. The van der Waals surface area contributed by atoms with Crippen LogP contribution in [0, 0.1) is 6.92 Å². The van der Waals surface area contributed by atoms with Gasteiger partial charge in [-0.2, -0.15) is 0 Å². The molecule has 0 aliphatic rings. The zero-order valence-corrected chi connectivity index (χ0v) is 16.9. The molecule has 2 aromatic carbocycles. The Kier molecular flexibility index (Phi) is 4.83. The van der Waals surface area contributed by atoms with Crippen molar-refractivity contribution in [3.05, 3.63) is 80.8 Å². The number of aryl methyl sites for hydroxylation is 1. The van der Waals surface area contributed by atoms with Crippen molar-refractivity contribution in [1.82, 2.24) is 19.5 Å². The molecule has 28 heavy (non-hydrogen) atoms. The van der Waals surface area contributed by atoms with Crippen LogP contribution in [0.4, 0.5) is 0 Å². The maximum atomic E-state index is 12.3. The molecular weight excluding hydrogens is 420 g/mol. The monoisotopic (exact) mass is 436 g/mol. The van der Waals surface area contributed by atoms with Crippen molar-refractivity contribution in [2.45, 2.75) is 6.92 Å². The van der Waals surface area contributed by atoms with E-state index in [-0.39, 0.29) is 5.56 Å². The molecule has 0 saturated carbocycles. The second kappa shape index (κ2) is 7.44. The second-order valence-electron chi connectivity index (χ2n) is 6.30. The van der Waals surface area contributed by atoms with Crippen molar-refractivity contribution >= 4 is 39.0 Å². The summed E-state index contributed by atoms with van der Waals surface area (Å²) in [5.41, 5.74) is 3.24. The maximum Gasteiger partial charge on any atom is 0.259 e. The minimum atomic E-state index is -0.166. The fourth-order valence-electron chi connectivity index (χ4n) is 2.95. The van der Waals surface area contributed by atoms with Gasteiger partial charge in [0, 0.05) is 10.7 Å². The molecule has 0 atom stereocenters. The number of halogens is 1. The van der Waals surface area contributed by atoms with Gasteiger partial charge >= 0.3 is 0 Å². The third kappa shape index (κ3) is 3.61. The lowest BCUT2D eigenvalue weighted by atomic mass is 10.1. The summed E-state index contributed by atoms with van der Waals surface area (Å²) in [5, 5.41) is 0.557. The topological polar surface area (TPSA) is 72.8 Å². The Balaban J connectivity index is 1.68. The molecule has 4 rings (SSSR count). The average molecular weight is 437 g/mol. The van der Waals surface area contributed by atoms with Crippen LogP contribution in [-0.2, 0) is 0 Å². The summed E-state index contributed by atoms with van der Waals surface area (Å²) in [6.45, 7) is 1.94. The lowest BCUT2D eigenvalue weighted by Gasteiger charge is -2.10. The third-order valence-corrected chi connectivity index (χ3v) is 4.81. The SMILES string of the molecule is COc1cc(/C=C/c2nc3cc(Br)ccc3c(=O)[nH]2)ccc1-n1cnc(C)c1. The average Bonchev–Trinajstić information content (AvgIpc) is 3.12. The Hall–Kier alpha value is -3.19. The summed E-state index contributed by atoms with van der Waals surface area (Å²) in [4.78, 5) is 23.8. The molecule has 0 amide bonds. The number of fused-ring (bicyclic) bond motifs is 1. The zero-order chi connectivity index (χ0) is 19.7. The lowest BCUT2D eigenvalue weighted by Crippen LogP contribution is -2.09. The molecule has 7 heteroatoms. The molecule has 6 nitrogen and oxygen atoms in total. The van der Waals surface area contributed by atoms with Gasteiger partial charge in [0.25, 0.3) is 5.56 Å². The van der Waals surface area contributed by atoms with E-state index in [4.69, 9.17) is 4.74 Å². The lowest BCUT2D eigenvalue weighted by molar-refractivity contribution is 0.413. The Morgan fingerprint density at radius 3 is 2.79 bits per heavy atom. The number of H-pyrrole nitrogens is 1. The highest BCUT2D eigenvalue weighted by Gasteiger charge is 2.07. The van der Waals surface area contributed by atoms with E-state index < -0.39 is 0 Å². The van der Waals surface area contributed by atoms with E-state index >= 15 is 0 Å². The highest BCUT2D eigenvalue weighted by atomic mass is 79.9. The predicted molar refractivity (Wildman–Crippen MR) is 114 cm³/mol. The van der Waals surface area contributed by atoms with Crippen LogP contribution < -0.4 is 10.3 Å². The minimum Gasteiger partial charge on any atom is -0.495 e. The highest BCUT2D eigenvalue weighted by Crippen LogP contribution is 2.25. The number of benzene rings is 2. The Morgan fingerprint density at radius 1 is 1.18 bits per heavy atom. The Bertz CT molecular complexity index is 1260. The van der Waals surface area contributed by atoms with Crippen LogP contribution in [0.25, 0.3) is 28.7 Å². The molecule has 0 unspecified atom stereocenters.